The maximum atomic E-state index is 12.4. The van der Waals surface area contributed by atoms with Crippen molar-refractivity contribution in [1.82, 2.24) is 4.90 Å². The first-order valence-corrected chi connectivity index (χ1v) is 8.08. The van der Waals surface area contributed by atoms with Crippen LogP contribution in [0.3, 0.4) is 0 Å². The summed E-state index contributed by atoms with van der Waals surface area (Å²) in [4.78, 5) is 36.3. The quantitative estimate of drug-likeness (QED) is 0.651. The van der Waals surface area contributed by atoms with Crippen molar-refractivity contribution in [2.75, 3.05) is 13.6 Å². The SMILES string of the molecule is Cc1coc2c(C)c3oc(=O)c(CC(=O)N(C)CC(=O)[O-])c(C)c3cc12. The van der Waals surface area contributed by atoms with Gasteiger partial charge in [0.15, 0.2) is 0 Å². The summed E-state index contributed by atoms with van der Waals surface area (Å²) in [5.41, 5.74) is 3.00. The Morgan fingerprint density at radius 2 is 1.81 bits per heavy atom. The Hall–Kier alpha value is -3.09. The zero-order chi connectivity index (χ0) is 19.2. The largest absolute Gasteiger partial charge is 0.548 e. The first kappa shape index (κ1) is 17.7. The molecular weight excluding hydrogens is 338 g/mol. The Morgan fingerprint density at radius 3 is 2.46 bits per heavy atom. The molecule has 3 aromatic rings. The lowest BCUT2D eigenvalue weighted by Gasteiger charge is -2.18. The van der Waals surface area contributed by atoms with E-state index in [1.807, 2.05) is 19.9 Å². The van der Waals surface area contributed by atoms with E-state index in [0.29, 0.717) is 16.7 Å². The molecule has 3 rings (SSSR count). The maximum absolute atomic E-state index is 12.4. The van der Waals surface area contributed by atoms with Crippen molar-refractivity contribution in [3.05, 3.63) is 45.0 Å². The highest BCUT2D eigenvalue weighted by molar-refractivity contribution is 6.00. The minimum Gasteiger partial charge on any atom is -0.548 e. The molecule has 0 aliphatic heterocycles. The molecule has 136 valence electrons. The summed E-state index contributed by atoms with van der Waals surface area (Å²) in [6, 6.07) is 1.88. The van der Waals surface area contributed by atoms with Gasteiger partial charge in [-0.15, -0.1) is 0 Å². The molecule has 0 saturated carbocycles. The fraction of sp³-hybridized carbons (Fsp3) is 0.316. The molecule has 0 radical (unpaired) electrons. The number of amides is 1. The Kier molecular flexibility index (Phi) is 4.31. The molecule has 0 bridgehead atoms. The second kappa shape index (κ2) is 6.33. The van der Waals surface area contributed by atoms with Gasteiger partial charge in [0, 0.05) is 23.4 Å². The summed E-state index contributed by atoms with van der Waals surface area (Å²) in [6.07, 6.45) is 1.40. The van der Waals surface area contributed by atoms with Gasteiger partial charge < -0.3 is 23.6 Å². The lowest BCUT2D eigenvalue weighted by molar-refractivity contribution is -0.305. The van der Waals surface area contributed by atoms with E-state index in [1.165, 1.54) is 7.05 Å². The van der Waals surface area contributed by atoms with Crippen LogP contribution in [0.25, 0.3) is 21.9 Å². The molecule has 2 heterocycles. The van der Waals surface area contributed by atoms with Gasteiger partial charge in [0.1, 0.15) is 11.2 Å². The number of fused-ring (bicyclic) bond motifs is 2. The fourth-order valence-electron chi connectivity index (χ4n) is 3.09. The van der Waals surface area contributed by atoms with E-state index in [4.69, 9.17) is 8.83 Å². The van der Waals surface area contributed by atoms with Crippen LogP contribution in [0.4, 0.5) is 0 Å². The summed E-state index contributed by atoms with van der Waals surface area (Å²) in [5, 5.41) is 12.3. The van der Waals surface area contributed by atoms with Crippen LogP contribution in [0, 0.1) is 20.8 Å². The third kappa shape index (κ3) is 2.85. The molecule has 2 aromatic heterocycles. The third-order valence-corrected chi connectivity index (χ3v) is 4.66. The monoisotopic (exact) mass is 356 g/mol. The molecule has 0 spiro atoms. The number of aliphatic carboxylic acids is 1. The third-order valence-electron chi connectivity index (χ3n) is 4.66. The number of hydrogen-bond acceptors (Lipinski definition) is 6. The highest BCUT2D eigenvalue weighted by Crippen LogP contribution is 2.32. The zero-order valence-electron chi connectivity index (χ0n) is 15.0. The number of nitrogens with zero attached hydrogens (tertiary/aromatic N) is 1. The highest BCUT2D eigenvalue weighted by atomic mass is 16.4. The van der Waals surface area contributed by atoms with Crippen LogP contribution in [-0.4, -0.2) is 30.4 Å². The van der Waals surface area contributed by atoms with Gasteiger partial charge in [0.2, 0.25) is 5.91 Å². The smallest absolute Gasteiger partial charge is 0.340 e. The lowest BCUT2D eigenvalue weighted by atomic mass is 9.99. The van der Waals surface area contributed by atoms with Crippen molar-refractivity contribution in [1.29, 1.82) is 0 Å². The van der Waals surface area contributed by atoms with Gasteiger partial charge in [0.05, 0.1) is 30.8 Å². The van der Waals surface area contributed by atoms with Gasteiger partial charge in [-0.25, -0.2) is 4.79 Å². The highest BCUT2D eigenvalue weighted by Gasteiger charge is 2.20. The summed E-state index contributed by atoms with van der Waals surface area (Å²) in [5.74, 6) is -1.86. The van der Waals surface area contributed by atoms with Crippen LogP contribution in [0.2, 0.25) is 0 Å². The average Bonchev–Trinajstić information content (AvgIpc) is 2.93. The van der Waals surface area contributed by atoms with Crippen LogP contribution < -0.4 is 10.7 Å². The number of carboxylic acid groups (broad SMARTS) is 1. The van der Waals surface area contributed by atoms with Crippen molar-refractivity contribution in [2.24, 2.45) is 0 Å². The van der Waals surface area contributed by atoms with Crippen LogP contribution in [-0.2, 0) is 16.0 Å². The van der Waals surface area contributed by atoms with Gasteiger partial charge in [-0.3, -0.25) is 4.79 Å². The maximum Gasteiger partial charge on any atom is 0.340 e. The van der Waals surface area contributed by atoms with Gasteiger partial charge in [-0.1, -0.05) is 0 Å². The Labute approximate surface area is 148 Å². The number of carbonyl (C=O) groups excluding carboxylic acids is 2. The molecule has 7 nitrogen and oxygen atoms in total. The molecule has 7 heteroatoms. The summed E-state index contributed by atoms with van der Waals surface area (Å²) >= 11 is 0. The number of benzene rings is 1. The average molecular weight is 356 g/mol. The molecule has 0 unspecified atom stereocenters. The van der Waals surface area contributed by atoms with Crippen molar-refractivity contribution in [3.8, 4) is 0 Å². The van der Waals surface area contributed by atoms with E-state index < -0.39 is 24.0 Å². The van der Waals surface area contributed by atoms with Gasteiger partial charge in [-0.2, -0.15) is 0 Å². The van der Waals surface area contributed by atoms with Gasteiger partial charge >= 0.3 is 5.63 Å². The second-order valence-corrected chi connectivity index (χ2v) is 6.47. The van der Waals surface area contributed by atoms with Crippen molar-refractivity contribution in [2.45, 2.75) is 27.2 Å². The molecule has 0 saturated heterocycles. The molecule has 0 aliphatic carbocycles. The number of rotatable bonds is 4. The van der Waals surface area contributed by atoms with E-state index in [0.717, 1.165) is 26.8 Å². The van der Waals surface area contributed by atoms with Crippen LogP contribution in [0.5, 0.6) is 0 Å². The van der Waals surface area contributed by atoms with Crippen molar-refractivity contribution in [3.63, 3.8) is 0 Å². The van der Waals surface area contributed by atoms with Gasteiger partial charge in [-0.05, 0) is 38.0 Å². The lowest BCUT2D eigenvalue weighted by Crippen LogP contribution is -2.40. The molecule has 0 fully saturated rings. The Morgan fingerprint density at radius 1 is 1.12 bits per heavy atom. The summed E-state index contributed by atoms with van der Waals surface area (Å²) in [7, 11) is 1.35. The molecule has 0 atom stereocenters. The van der Waals surface area contributed by atoms with Gasteiger partial charge in [0.25, 0.3) is 0 Å². The van der Waals surface area contributed by atoms with E-state index in [2.05, 4.69) is 0 Å². The van der Waals surface area contributed by atoms with E-state index in [9.17, 15) is 19.5 Å². The number of hydrogen-bond donors (Lipinski definition) is 0. The molecule has 1 amide bonds. The molecular formula is C19H18NO6-. The first-order valence-electron chi connectivity index (χ1n) is 8.08. The molecule has 1 aromatic carbocycles. The fourth-order valence-corrected chi connectivity index (χ4v) is 3.09. The molecule has 0 N–H and O–H groups in total. The number of aryl methyl sites for hydroxylation is 3. The minimum atomic E-state index is -1.36. The van der Waals surface area contributed by atoms with Crippen LogP contribution in [0.15, 0.2) is 26.0 Å². The normalized spacial score (nSPS) is 11.2. The summed E-state index contributed by atoms with van der Waals surface area (Å²) < 4.78 is 11.0. The number of likely N-dealkylation sites (N-methyl/N-ethyl adjacent to an activating group) is 1. The van der Waals surface area contributed by atoms with Crippen molar-refractivity contribution < 1.29 is 23.5 Å². The zero-order valence-corrected chi connectivity index (χ0v) is 15.0. The van der Waals surface area contributed by atoms with E-state index >= 15 is 0 Å². The summed E-state index contributed by atoms with van der Waals surface area (Å²) in [6.45, 7) is 4.95. The van der Waals surface area contributed by atoms with E-state index in [-0.39, 0.29) is 12.0 Å². The number of furan rings is 1. The Balaban J connectivity index is 2.14. The Bertz CT molecular complexity index is 1100. The predicted octanol–water partition coefficient (Wildman–Crippen LogP) is 1.22. The topological polar surface area (TPSA) is 104 Å². The molecule has 26 heavy (non-hydrogen) atoms. The molecule has 0 aliphatic rings. The predicted molar refractivity (Wildman–Crippen MR) is 92.8 cm³/mol. The first-order chi connectivity index (χ1) is 12.2. The standard InChI is InChI=1S/C19H19NO6/c1-9-8-25-17-11(3)18-13(5-12(9)17)10(2)14(19(24)26-18)6-15(21)20(4)7-16(22)23/h5,8H,6-7H2,1-4H3,(H,22,23)/p-1. The van der Waals surface area contributed by atoms with Crippen LogP contribution in [0.1, 0.15) is 22.3 Å². The second-order valence-electron chi connectivity index (χ2n) is 6.47. The number of carboxylic acids is 1. The minimum absolute atomic E-state index is 0.215. The van der Waals surface area contributed by atoms with Crippen LogP contribution >= 0.6 is 0 Å². The van der Waals surface area contributed by atoms with Crippen molar-refractivity contribution >= 4 is 33.8 Å². The van der Waals surface area contributed by atoms with E-state index in [1.54, 1.807) is 13.2 Å². The number of carbonyl (C=O) groups is 2.